The van der Waals surface area contributed by atoms with Crippen molar-refractivity contribution in [2.24, 2.45) is 0 Å². The van der Waals surface area contributed by atoms with E-state index in [1.54, 1.807) is 6.08 Å². The van der Waals surface area contributed by atoms with Crippen LogP contribution in [0.2, 0.25) is 0 Å². The number of hydrogen-bond acceptors (Lipinski definition) is 14. The van der Waals surface area contributed by atoms with Crippen LogP contribution < -0.4 is 0 Å². The standard InChI is InChI=1S/C49H74N4O10/c1-46(2,3)60-42(55)32-50-24-25-51(33-43(56)61-47(4,5)6)28-29-53(35-45(58)63-49(10,11)12)40(31-52(27-26-50)34-44(57)62-48(7,8)9)30-38-20-18-37(19-21-38)22-23-41(54)59-36-39-16-14-13-15-17-39/h13-23,40H,24-36H2,1-12H3/b23-22+/t40-/m0/s1. The first-order valence-electron chi connectivity index (χ1n) is 22.0. The number of hydrogen-bond donors (Lipinski definition) is 0. The molecule has 0 radical (unpaired) electrons. The zero-order chi connectivity index (χ0) is 47.0. The molecule has 63 heavy (non-hydrogen) atoms. The van der Waals surface area contributed by atoms with Gasteiger partial charge in [0.15, 0.2) is 0 Å². The van der Waals surface area contributed by atoms with Crippen LogP contribution in [0.5, 0.6) is 0 Å². The highest BCUT2D eigenvalue weighted by molar-refractivity contribution is 5.87. The van der Waals surface area contributed by atoms with E-state index < -0.39 is 40.3 Å². The van der Waals surface area contributed by atoms with Gasteiger partial charge in [0.05, 0.1) is 26.2 Å². The van der Waals surface area contributed by atoms with E-state index in [1.165, 1.54) is 6.08 Å². The smallest absolute Gasteiger partial charge is 0.331 e. The van der Waals surface area contributed by atoms with Crippen LogP contribution in [0.3, 0.4) is 0 Å². The average Bonchev–Trinajstić information content (AvgIpc) is 3.12. The average molecular weight is 879 g/mol. The zero-order valence-electron chi connectivity index (χ0n) is 40.0. The number of benzene rings is 2. The zero-order valence-corrected chi connectivity index (χ0v) is 40.0. The molecular weight excluding hydrogens is 805 g/mol. The molecule has 0 bridgehead atoms. The molecule has 0 N–H and O–H groups in total. The van der Waals surface area contributed by atoms with Gasteiger partial charge >= 0.3 is 29.8 Å². The Balaban J connectivity index is 2.01. The maximum atomic E-state index is 13.6. The third kappa shape index (κ3) is 23.6. The molecule has 0 aromatic heterocycles. The van der Waals surface area contributed by atoms with Crippen molar-refractivity contribution in [3.63, 3.8) is 0 Å². The Kier molecular flexibility index (Phi) is 20.0. The number of rotatable bonds is 14. The van der Waals surface area contributed by atoms with Gasteiger partial charge in [-0.3, -0.25) is 38.8 Å². The first-order chi connectivity index (χ1) is 29.2. The van der Waals surface area contributed by atoms with Crippen LogP contribution in [0, 0.1) is 0 Å². The van der Waals surface area contributed by atoms with Gasteiger partial charge in [0.1, 0.15) is 29.0 Å². The predicted octanol–water partition coefficient (Wildman–Crippen LogP) is 5.94. The van der Waals surface area contributed by atoms with Crippen LogP contribution in [-0.2, 0) is 60.7 Å². The lowest BCUT2D eigenvalue weighted by Crippen LogP contribution is -2.54. The molecule has 1 aliphatic heterocycles. The van der Waals surface area contributed by atoms with Crippen molar-refractivity contribution in [2.75, 3.05) is 72.0 Å². The van der Waals surface area contributed by atoms with E-state index in [0.717, 1.165) is 16.7 Å². The molecule has 2 aromatic carbocycles. The van der Waals surface area contributed by atoms with Crippen LogP contribution in [0.1, 0.15) is 99.8 Å². The Morgan fingerprint density at radius 2 is 0.937 bits per heavy atom. The second kappa shape index (κ2) is 23.9. The van der Waals surface area contributed by atoms with E-state index in [4.69, 9.17) is 23.7 Å². The van der Waals surface area contributed by atoms with Gasteiger partial charge in [-0.15, -0.1) is 0 Å². The minimum atomic E-state index is -0.723. The largest absolute Gasteiger partial charge is 0.459 e. The van der Waals surface area contributed by atoms with Crippen LogP contribution >= 0.6 is 0 Å². The summed E-state index contributed by atoms with van der Waals surface area (Å²) in [5.41, 5.74) is -0.138. The summed E-state index contributed by atoms with van der Waals surface area (Å²) in [6, 6.07) is 16.9. The Bertz CT molecular complexity index is 1800. The highest BCUT2D eigenvalue weighted by Crippen LogP contribution is 2.18. The number of carbonyl (C=O) groups excluding carboxylic acids is 5. The van der Waals surface area contributed by atoms with Gasteiger partial charge in [-0.05, 0) is 112 Å². The maximum absolute atomic E-state index is 13.6. The highest BCUT2D eigenvalue weighted by atomic mass is 16.6. The predicted molar refractivity (Wildman–Crippen MR) is 243 cm³/mol. The van der Waals surface area contributed by atoms with Crippen molar-refractivity contribution < 1.29 is 47.7 Å². The Morgan fingerprint density at radius 1 is 0.524 bits per heavy atom. The summed E-state index contributed by atoms with van der Waals surface area (Å²) in [4.78, 5) is 74.1. The molecular formula is C49H74N4O10. The van der Waals surface area contributed by atoms with Gasteiger partial charge < -0.3 is 23.7 Å². The van der Waals surface area contributed by atoms with E-state index in [9.17, 15) is 24.0 Å². The lowest BCUT2D eigenvalue weighted by molar-refractivity contribution is -0.160. The molecule has 0 spiro atoms. The molecule has 14 nitrogen and oxygen atoms in total. The molecule has 0 amide bonds. The van der Waals surface area contributed by atoms with Gasteiger partial charge in [-0.25, -0.2) is 4.79 Å². The maximum Gasteiger partial charge on any atom is 0.331 e. The van der Waals surface area contributed by atoms with Crippen molar-refractivity contribution in [3.8, 4) is 0 Å². The van der Waals surface area contributed by atoms with Crippen LogP contribution in [-0.4, -0.2) is 150 Å². The summed E-state index contributed by atoms with van der Waals surface area (Å²) in [5.74, 6) is -2.02. The van der Waals surface area contributed by atoms with E-state index >= 15 is 0 Å². The molecule has 14 heteroatoms. The van der Waals surface area contributed by atoms with Gasteiger partial charge in [0, 0.05) is 57.9 Å². The summed E-state index contributed by atoms with van der Waals surface area (Å²) in [6.07, 6.45) is 3.58. The Morgan fingerprint density at radius 3 is 1.40 bits per heavy atom. The quantitative estimate of drug-likeness (QED) is 0.125. The molecule has 1 saturated heterocycles. The van der Waals surface area contributed by atoms with Crippen LogP contribution in [0.15, 0.2) is 60.7 Å². The molecule has 3 rings (SSSR count). The molecule has 0 unspecified atom stereocenters. The SMILES string of the molecule is CC(C)(C)OC(=O)CN1CCN(CC(=O)OC(C)(C)C)CCN(CC(=O)OC(C)(C)C)[C@@H](Cc2ccc(/C=C/C(=O)OCc3ccccc3)cc2)CN(CC(=O)OC(C)(C)C)CC1. The summed E-state index contributed by atoms with van der Waals surface area (Å²) in [5, 5.41) is 0. The van der Waals surface area contributed by atoms with Gasteiger partial charge in [0.25, 0.3) is 0 Å². The van der Waals surface area contributed by atoms with Crippen molar-refractivity contribution in [1.29, 1.82) is 0 Å². The Labute approximate surface area is 376 Å². The lowest BCUT2D eigenvalue weighted by atomic mass is 10.0. The topological polar surface area (TPSA) is 144 Å². The molecule has 1 heterocycles. The fourth-order valence-corrected chi connectivity index (χ4v) is 6.79. The fraction of sp³-hybridized carbons (Fsp3) is 0.612. The first kappa shape index (κ1) is 52.7. The monoisotopic (exact) mass is 879 g/mol. The molecule has 1 atom stereocenters. The Hall–Kier alpha value is -4.63. The minimum Gasteiger partial charge on any atom is -0.459 e. The minimum absolute atomic E-state index is 0.00202. The van der Waals surface area contributed by atoms with Crippen molar-refractivity contribution in [1.82, 2.24) is 19.6 Å². The molecule has 1 fully saturated rings. The third-order valence-corrected chi connectivity index (χ3v) is 9.31. The van der Waals surface area contributed by atoms with Gasteiger partial charge in [-0.2, -0.15) is 0 Å². The first-order valence-corrected chi connectivity index (χ1v) is 22.0. The molecule has 0 saturated carbocycles. The lowest BCUT2D eigenvalue weighted by Gasteiger charge is -2.39. The third-order valence-electron chi connectivity index (χ3n) is 9.31. The summed E-state index contributed by atoms with van der Waals surface area (Å²) < 4.78 is 28.5. The summed E-state index contributed by atoms with van der Waals surface area (Å²) in [6.45, 7) is 24.7. The van der Waals surface area contributed by atoms with Crippen LogP contribution in [0.4, 0.5) is 0 Å². The van der Waals surface area contributed by atoms with Gasteiger partial charge in [0.2, 0.25) is 0 Å². The highest BCUT2D eigenvalue weighted by Gasteiger charge is 2.31. The normalized spacial score (nSPS) is 17.3. The van der Waals surface area contributed by atoms with E-state index in [-0.39, 0.29) is 50.8 Å². The molecule has 350 valence electrons. The summed E-state index contributed by atoms with van der Waals surface area (Å²) >= 11 is 0. The number of ether oxygens (including phenoxy) is 5. The second-order valence-electron chi connectivity index (χ2n) is 20.1. The fourth-order valence-electron chi connectivity index (χ4n) is 6.79. The van der Waals surface area contributed by atoms with Crippen molar-refractivity contribution >= 4 is 35.9 Å². The second-order valence-corrected chi connectivity index (χ2v) is 20.1. The number of carbonyl (C=O) groups is 5. The van der Waals surface area contributed by atoms with Crippen molar-refractivity contribution in [3.05, 3.63) is 77.4 Å². The molecule has 0 aliphatic carbocycles. The van der Waals surface area contributed by atoms with Gasteiger partial charge in [-0.1, -0.05) is 54.6 Å². The van der Waals surface area contributed by atoms with Crippen LogP contribution in [0.25, 0.3) is 6.08 Å². The molecule has 2 aromatic rings. The molecule has 1 aliphatic rings. The summed E-state index contributed by atoms with van der Waals surface area (Å²) in [7, 11) is 0. The van der Waals surface area contributed by atoms with E-state index in [0.29, 0.717) is 52.2 Å². The van der Waals surface area contributed by atoms with E-state index in [1.807, 2.05) is 152 Å². The number of esters is 5. The van der Waals surface area contributed by atoms with Crippen molar-refractivity contribution in [2.45, 2.75) is 125 Å². The number of nitrogens with zero attached hydrogens (tertiary/aromatic N) is 4. The van der Waals surface area contributed by atoms with E-state index in [2.05, 4.69) is 4.90 Å².